The number of nitrogens with one attached hydrogen (secondary N) is 2. The Bertz CT molecular complexity index is 200. The van der Waals surface area contributed by atoms with Gasteiger partial charge in [0.15, 0.2) is 0 Å². The summed E-state index contributed by atoms with van der Waals surface area (Å²) >= 11 is 0. The van der Waals surface area contributed by atoms with Gasteiger partial charge >= 0.3 is 0 Å². The summed E-state index contributed by atoms with van der Waals surface area (Å²) in [6, 6.07) is 0.685. The largest absolute Gasteiger partial charge is 0.308 e. The van der Waals surface area contributed by atoms with E-state index in [9.17, 15) is 0 Å². The molecule has 0 radical (unpaired) electrons. The van der Waals surface area contributed by atoms with E-state index in [1.165, 1.54) is 25.7 Å². The van der Waals surface area contributed by atoms with Gasteiger partial charge in [-0.15, -0.1) is 0 Å². The second-order valence-corrected chi connectivity index (χ2v) is 5.60. The van der Waals surface area contributed by atoms with Crippen LogP contribution in [-0.2, 0) is 0 Å². The van der Waals surface area contributed by atoms with E-state index in [0.717, 1.165) is 6.54 Å². The van der Waals surface area contributed by atoms with E-state index in [-0.39, 0.29) is 5.54 Å². The highest BCUT2D eigenvalue weighted by molar-refractivity contribution is 5.06. The first-order chi connectivity index (χ1) is 6.02. The molecule has 1 saturated carbocycles. The van der Waals surface area contributed by atoms with Crippen molar-refractivity contribution in [2.45, 2.75) is 63.6 Å². The van der Waals surface area contributed by atoms with E-state index >= 15 is 0 Å². The van der Waals surface area contributed by atoms with Crippen molar-refractivity contribution in [2.75, 3.05) is 6.54 Å². The molecule has 0 aromatic carbocycles. The molecule has 0 spiro atoms. The van der Waals surface area contributed by atoms with Crippen molar-refractivity contribution >= 4 is 0 Å². The van der Waals surface area contributed by atoms with Gasteiger partial charge < -0.3 is 10.6 Å². The number of rotatable bonds is 0. The first-order valence-corrected chi connectivity index (χ1v) is 5.55. The number of hydrogen-bond donors (Lipinski definition) is 2. The van der Waals surface area contributed by atoms with Crippen LogP contribution >= 0.6 is 0 Å². The highest BCUT2D eigenvalue weighted by Gasteiger charge is 2.42. The zero-order chi connectivity index (χ0) is 9.53. The average Bonchev–Trinajstić information content (AvgIpc) is 2.05. The Kier molecular flexibility index (Phi) is 2.16. The lowest BCUT2D eigenvalue weighted by atomic mass is 9.75. The van der Waals surface area contributed by atoms with E-state index < -0.39 is 0 Å². The van der Waals surface area contributed by atoms with Gasteiger partial charge in [0, 0.05) is 23.7 Å². The lowest BCUT2D eigenvalue weighted by molar-refractivity contribution is 0.0998. The van der Waals surface area contributed by atoms with Crippen LogP contribution in [0.15, 0.2) is 0 Å². The fourth-order valence-electron chi connectivity index (χ4n) is 2.72. The molecule has 1 aliphatic carbocycles. The van der Waals surface area contributed by atoms with Crippen LogP contribution in [0.25, 0.3) is 0 Å². The summed E-state index contributed by atoms with van der Waals surface area (Å²) in [4.78, 5) is 0. The van der Waals surface area contributed by atoms with Gasteiger partial charge in [-0.3, -0.25) is 0 Å². The first kappa shape index (κ1) is 9.47. The molecule has 76 valence electrons. The van der Waals surface area contributed by atoms with Crippen LogP contribution in [0.4, 0.5) is 0 Å². The molecule has 2 atom stereocenters. The molecule has 2 rings (SSSR count). The summed E-state index contributed by atoms with van der Waals surface area (Å²) in [5, 5.41) is 7.50. The second-order valence-electron chi connectivity index (χ2n) is 5.60. The molecule has 1 aliphatic heterocycles. The van der Waals surface area contributed by atoms with Crippen LogP contribution in [0.5, 0.6) is 0 Å². The number of hydrogen-bond acceptors (Lipinski definition) is 2. The van der Waals surface area contributed by atoms with E-state index in [1.807, 2.05) is 0 Å². The van der Waals surface area contributed by atoms with Crippen LogP contribution in [0.2, 0.25) is 0 Å². The second kappa shape index (κ2) is 2.96. The monoisotopic (exact) mass is 182 g/mol. The third-order valence-electron chi connectivity index (χ3n) is 3.71. The predicted molar refractivity (Wildman–Crippen MR) is 55.9 cm³/mol. The first-order valence-electron chi connectivity index (χ1n) is 5.55. The maximum absolute atomic E-state index is 3.77. The Hall–Kier alpha value is -0.0800. The molecule has 2 aliphatic rings. The van der Waals surface area contributed by atoms with Gasteiger partial charge in [-0.25, -0.2) is 0 Å². The van der Waals surface area contributed by atoms with Gasteiger partial charge in [-0.05, 0) is 33.6 Å². The van der Waals surface area contributed by atoms with Gasteiger partial charge in [0.1, 0.15) is 0 Å². The van der Waals surface area contributed by atoms with E-state index in [2.05, 4.69) is 31.4 Å². The maximum atomic E-state index is 3.77. The molecule has 1 heterocycles. The molecule has 0 bridgehead atoms. The van der Waals surface area contributed by atoms with E-state index in [1.54, 1.807) is 0 Å². The number of fused-ring (bicyclic) bond motifs is 1. The van der Waals surface area contributed by atoms with Crippen LogP contribution in [0.3, 0.4) is 0 Å². The van der Waals surface area contributed by atoms with Crippen LogP contribution in [0.1, 0.15) is 46.5 Å². The third kappa shape index (κ3) is 1.75. The molecule has 0 aromatic heterocycles. The molecular weight excluding hydrogens is 160 g/mol. The van der Waals surface area contributed by atoms with Crippen LogP contribution in [-0.4, -0.2) is 23.7 Å². The molecule has 2 fully saturated rings. The van der Waals surface area contributed by atoms with Crippen molar-refractivity contribution in [3.63, 3.8) is 0 Å². The summed E-state index contributed by atoms with van der Waals surface area (Å²) in [6.45, 7) is 8.04. The Labute approximate surface area is 81.5 Å². The van der Waals surface area contributed by atoms with Gasteiger partial charge in [0.05, 0.1) is 0 Å². The summed E-state index contributed by atoms with van der Waals surface area (Å²) < 4.78 is 0. The zero-order valence-electron chi connectivity index (χ0n) is 9.11. The molecule has 0 amide bonds. The standard InChI is InChI=1S/C11H22N2/c1-10(2)8-12-11(3)7-5-4-6-9(11)13-10/h9,12-13H,4-8H2,1-3H3. The molecule has 0 aromatic rings. The summed E-state index contributed by atoms with van der Waals surface area (Å²) in [5.74, 6) is 0. The molecule has 13 heavy (non-hydrogen) atoms. The van der Waals surface area contributed by atoms with Gasteiger partial charge in [-0.2, -0.15) is 0 Å². The minimum absolute atomic E-state index is 0.279. The molecule has 2 N–H and O–H groups in total. The van der Waals surface area contributed by atoms with Crippen molar-refractivity contribution in [3.05, 3.63) is 0 Å². The molecule has 2 unspecified atom stereocenters. The van der Waals surface area contributed by atoms with Gasteiger partial charge in [0.2, 0.25) is 0 Å². The topological polar surface area (TPSA) is 24.1 Å². The summed E-state index contributed by atoms with van der Waals surface area (Å²) in [6.07, 6.45) is 5.46. The Morgan fingerprint density at radius 1 is 1.15 bits per heavy atom. The Balaban J connectivity index is 2.10. The van der Waals surface area contributed by atoms with Gasteiger partial charge in [0.25, 0.3) is 0 Å². The minimum atomic E-state index is 0.279. The van der Waals surface area contributed by atoms with Crippen molar-refractivity contribution in [2.24, 2.45) is 0 Å². The van der Waals surface area contributed by atoms with Crippen molar-refractivity contribution in [1.29, 1.82) is 0 Å². The summed E-state index contributed by atoms with van der Waals surface area (Å²) in [7, 11) is 0. The molecular formula is C11H22N2. The van der Waals surface area contributed by atoms with Crippen molar-refractivity contribution in [1.82, 2.24) is 10.6 Å². The van der Waals surface area contributed by atoms with Crippen LogP contribution < -0.4 is 10.6 Å². The van der Waals surface area contributed by atoms with E-state index in [0.29, 0.717) is 11.6 Å². The lowest BCUT2D eigenvalue weighted by Gasteiger charge is -2.52. The van der Waals surface area contributed by atoms with Gasteiger partial charge in [-0.1, -0.05) is 12.8 Å². The zero-order valence-corrected chi connectivity index (χ0v) is 9.11. The molecule has 1 saturated heterocycles. The minimum Gasteiger partial charge on any atom is -0.308 e. The maximum Gasteiger partial charge on any atom is 0.0307 e. The van der Waals surface area contributed by atoms with Crippen molar-refractivity contribution < 1.29 is 0 Å². The fraction of sp³-hybridized carbons (Fsp3) is 1.00. The van der Waals surface area contributed by atoms with Crippen molar-refractivity contribution in [3.8, 4) is 0 Å². The third-order valence-corrected chi connectivity index (χ3v) is 3.71. The predicted octanol–water partition coefficient (Wildman–Crippen LogP) is 1.66. The quantitative estimate of drug-likeness (QED) is 0.595. The normalized spacial score (nSPS) is 44.1. The van der Waals surface area contributed by atoms with E-state index in [4.69, 9.17) is 0 Å². The van der Waals surface area contributed by atoms with Crippen LogP contribution in [0, 0.1) is 0 Å². The Morgan fingerprint density at radius 2 is 1.92 bits per heavy atom. The smallest absolute Gasteiger partial charge is 0.0307 e. The highest BCUT2D eigenvalue weighted by Crippen LogP contribution is 2.32. The molecule has 2 heteroatoms. The summed E-state index contributed by atoms with van der Waals surface area (Å²) in [5.41, 5.74) is 0.648. The Morgan fingerprint density at radius 3 is 2.69 bits per heavy atom. The molecule has 2 nitrogen and oxygen atoms in total. The SMILES string of the molecule is CC1(C)CNC2(C)CCCCC2N1. The highest BCUT2D eigenvalue weighted by atomic mass is 15.2. The average molecular weight is 182 g/mol. The fourth-order valence-corrected chi connectivity index (χ4v) is 2.72. The number of piperazine rings is 1. The lowest BCUT2D eigenvalue weighted by Crippen LogP contribution is -2.72.